The van der Waals surface area contributed by atoms with Gasteiger partial charge in [0, 0.05) is 24.5 Å². The number of pyridine rings is 1. The van der Waals surface area contributed by atoms with E-state index in [-0.39, 0.29) is 18.5 Å². The molecule has 1 atom stereocenters. The van der Waals surface area contributed by atoms with Crippen molar-refractivity contribution in [3.63, 3.8) is 0 Å². The van der Waals surface area contributed by atoms with E-state index >= 15 is 0 Å². The van der Waals surface area contributed by atoms with Crippen LogP contribution in [0.5, 0.6) is 0 Å². The normalized spacial score (nSPS) is 12.3. The average molecular weight is 340 g/mol. The van der Waals surface area contributed by atoms with Crippen LogP contribution in [0.1, 0.15) is 13.8 Å². The number of anilines is 1. The van der Waals surface area contributed by atoms with Gasteiger partial charge in [-0.3, -0.25) is 4.98 Å². The summed E-state index contributed by atoms with van der Waals surface area (Å²) in [6, 6.07) is 10.3. The lowest BCUT2D eigenvalue weighted by Crippen LogP contribution is -2.37. The molecule has 1 aromatic carbocycles. The van der Waals surface area contributed by atoms with Crippen molar-refractivity contribution >= 4 is 22.8 Å². The number of urea groups is 1. The molecule has 0 spiro atoms. The zero-order chi connectivity index (χ0) is 17.8. The number of carbonyl (C=O) groups is 1. The Labute approximate surface area is 145 Å². The highest BCUT2D eigenvalue weighted by Crippen LogP contribution is 2.25. The monoisotopic (exact) mass is 340 g/mol. The molecule has 3 aromatic rings. The second-order valence-electron chi connectivity index (χ2n) is 6.06. The molecule has 0 aliphatic carbocycles. The second kappa shape index (κ2) is 7.31. The summed E-state index contributed by atoms with van der Waals surface area (Å²) in [7, 11) is 0. The Hall–Kier alpha value is -2.93. The van der Waals surface area contributed by atoms with Crippen LogP contribution in [0.2, 0.25) is 0 Å². The number of nitrogens with zero attached hydrogens (tertiary/aromatic N) is 2. The summed E-state index contributed by atoms with van der Waals surface area (Å²) in [5, 5.41) is 15.1. The number of hydrogen-bond donors (Lipinski definition) is 3. The third-order valence-corrected chi connectivity index (χ3v) is 3.77. The Morgan fingerprint density at radius 1 is 1.28 bits per heavy atom. The summed E-state index contributed by atoms with van der Waals surface area (Å²) in [5.74, 6) is 0.508. The van der Waals surface area contributed by atoms with Crippen molar-refractivity contribution in [1.82, 2.24) is 15.3 Å². The standard InChI is InChI=1S/C18H20N4O3/c1-11(2)15(23)10-20-18(24)21-12-6-7-13-16(9-12)25-17(22-13)14-5-3-4-8-19-14/h3-9,11,15,23H,10H2,1-2H3,(H2,20,21,24)/t15-/m1/s1. The molecule has 2 aromatic heterocycles. The summed E-state index contributed by atoms with van der Waals surface area (Å²) in [6.07, 6.45) is 1.09. The number of benzene rings is 1. The van der Waals surface area contributed by atoms with E-state index in [2.05, 4.69) is 20.6 Å². The van der Waals surface area contributed by atoms with E-state index < -0.39 is 6.10 Å². The zero-order valence-electron chi connectivity index (χ0n) is 14.1. The number of hydrogen-bond acceptors (Lipinski definition) is 5. The lowest BCUT2D eigenvalue weighted by Gasteiger charge is -2.15. The Kier molecular flexibility index (Phi) is 4.95. The van der Waals surface area contributed by atoms with Crippen molar-refractivity contribution in [3.05, 3.63) is 42.6 Å². The molecule has 0 aliphatic heterocycles. The molecule has 3 N–H and O–H groups in total. The van der Waals surface area contributed by atoms with Gasteiger partial charge in [0.1, 0.15) is 11.2 Å². The van der Waals surface area contributed by atoms with Crippen molar-refractivity contribution in [2.45, 2.75) is 20.0 Å². The Bertz CT molecular complexity index is 861. The number of aliphatic hydroxyl groups is 1. The van der Waals surface area contributed by atoms with Gasteiger partial charge in [-0.25, -0.2) is 9.78 Å². The summed E-state index contributed by atoms with van der Waals surface area (Å²) >= 11 is 0. The second-order valence-corrected chi connectivity index (χ2v) is 6.06. The molecule has 0 saturated heterocycles. The fourth-order valence-corrected chi connectivity index (χ4v) is 2.21. The van der Waals surface area contributed by atoms with Gasteiger partial charge in [0.05, 0.1) is 6.10 Å². The lowest BCUT2D eigenvalue weighted by atomic mass is 10.1. The summed E-state index contributed by atoms with van der Waals surface area (Å²) < 4.78 is 5.72. The van der Waals surface area contributed by atoms with E-state index in [0.717, 1.165) is 0 Å². The SMILES string of the molecule is CC(C)[C@H](O)CNC(=O)Nc1ccc2nc(-c3ccccn3)oc2c1. The van der Waals surface area contributed by atoms with Crippen molar-refractivity contribution in [3.8, 4) is 11.6 Å². The molecule has 2 amide bonds. The number of amides is 2. The van der Waals surface area contributed by atoms with E-state index in [0.29, 0.717) is 28.4 Å². The molecular formula is C18H20N4O3. The predicted molar refractivity (Wildman–Crippen MR) is 95.1 cm³/mol. The molecule has 3 rings (SSSR count). The lowest BCUT2D eigenvalue weighted by molar-refractivity contribution is 0.126. The first-order valence-corrected chi connectivity index (χ1v) is 8.08. The summed E-state index contributed by atoms with van der Waals surface area (Å²) in [4.78, 5) is 20.5. The van der Waals surface area contributed by atoms with Crippen molar-refractivity contribution in [1.29, 1.82) is 0 Å². The van der Waals surface area contributed by atoms with Crippen LogP contribution >= 0.6 is 0 Å². The Morgan fingerprint density at radius 2 is 2.12 bits per heavy atom. The molecule has 0 saturated carbocycles. The molecule has 7 nitrogen and oxygen atoms in total. The van der Waals surface area contributed by atoms with E-state index in [1.807, 2.05) is 32.0 Å². The van der Waals surface area contributed by atoms with Crippen molar-refractivity contribution in [2.24, 2.45) is 5.92 Å². The molecule has 0 bridgehead atoms. The van der Waals surface area contributed by atoms with E-state index in [1.165, 1.54) is 0 Å². The quantitative estimate of drug-likeness (QED) is 0.663. The largest absolute Gasteiger partial charge is 0.435 e. The van der Waals surface area contributed by atoms with Crippen LogP contribution in [0.4, 0.5) is 10.5 Å². The molecule has 25 heavy (non-hydrogen) atoms. The fraction of sp³-hybridized carbons (Fsp3) is 0.278. The van der Waals surface area contributed by atoms with Crippen LogP contribution in [0.25, 0.3) is 22.7 Å². The van der Waals surface area contributed by atoms with Gasteiger partial charge < -0.3 is 20.2 Å². The van der Waals surface area contributed by atoms with Crippen LogP contribution in [0.3, 0.4) is 0 Å². The minimum atomic E-state index is -0.580. The van der Waals surface area contributed by atoms with Crippen LogP contribution in [0, 0.1) is 5.92 Å². The van der Waals surface area contributed by atoms with E-state index in [4.69, 9.17) is 4.42 Å². The number of aliphatic hydroxyl groups excluding tert-OH is 1. The number of rotatable bonds is 5. The smallest absolute Gasteiger partial charge is 0.319 e. The number of oxazole rings is 1. The van der Waals surface area contributed by atoms with Gasteiger partial charge in [0.2, 0.25) is 5.89 Å². The molecule has 0 radical (unpaired) electrons. The highest BCUT2D eigenvalue weighted by atomic mass is 16.3. The van der Waals surface area contributed by atoms with Gasteiger partial charge in [-0.2, -0.15) is 0 Å². The van der Waals surface area contributed by atoms with E-state index in [1.54, 1.807) is 24.4 Å². The van der Waals surface area contributed by atoms with Crippen LogP contribution in [-0.2, 0) is 0 Å². The number of carbonyl (C=O) groups excluding carboxylic acids is 1. The molecule has 130 valence electrons. The first-order valence-electron chi connectivity index (χ1n) is 8.08. The third kappa shape index (κ3) is 4.13. The van der Waals surface area contributed by atoms with Crippen LogP contribution in [0.15, 0.2) is 47.0 Å². The highest BCUT2D eigenvalue weighted by molar-refractivity contribution is 5.91. The number of aromatic nitrogens is 2. The summed E-state index contributed by atoms with van der Waals surface area (Å²) in [6.45, 7) is 3.97. The highest BCUT2D eigenvalue weighted by Gasteiger charge is 2.12. The van der Waals surface area contributed by atoms with Crippen molar-refractivity contribution in [2.75, 3.05) is 11.9 Å². The van der Waals surface area contributed by atoms with E-state index in [9.17, 15) is 9.90 Å². The maximum Gasteiger partial charge on any atom is 0.319 e. The first kappa shape index (κ1) is 16.9. The van der Waals surface area contributed by atoms with Gasteiger partial charge in [-0.15, -0.1) is 0 Å². The molecular weight excluding hydrogens is 320 g/mol. The maximum absolute atomic E-state index is 11.9. The Balaban J connectivity index is 1.70. The number of fused-ring (bicyclic) bond motifs is 1. The van der Waals surface area contributed by atoms with Gasteiger partial charge in [0.15, 0.2) is 5.58 Å². The average Bonchev–Trinajstić information content (AvgIpc) is 3.03. The van der Waals surface area contributed by atoms with Gasteiger partial charge in [-0.1, -0.05) is 19.9 Å². The third-order valence-electron chi connectivity index (χ3n) is 3.77. The minimum absolute atomic E-state index is 0.0795. The molecule has 7 heteroatoms. The summed E-state index contributed by atoms with van der Waals surface area (Å²) in [5.41, 5.74) is 2.46. The minimum Gasteiger partial charge on any atom is -0.435 e. The van der Waals surface area contributed by atoms with Crippen LogP contribution in [-0.4, -0.2) is 33.8 Å². The Morgan fingerprint density at radius 3 is 2.84 bits per heavy atom. The van der Waals surface area contributed by atoms with Gasteiger partial charge >= 0.3 is 6.03 Å². The first-order chi connectivity index (χ1) is 12.0. The fourth-order valence-electron chi connectivity index (χ4n) is 2.21. The maximum atomic E-state index is 11.9. The van der Waals surface area contributed by atoms with Crippen LogP contribution < -0.4 is 10.6 Å². The van der Waals surface area contributed by atoms with Gasteiger partial charge in [0.25, 0.3) is 0 Å². The molecule has 0 aliphatic rings. The molecule has 2 heterocycles. The topological polar surface area (TPSA) is 100 Å². The molecule has 0 unspecified atom stereocenters. The van der Waals surface area contributed by atoms with Crippen molar-refractivity contribution < 1.29 is 14.3 Å². The molecule has 0 fully saturated rings. The number of nitrogens with one attached hydrogen (secondary N) is 2. The predicted octanol–water partition coefficient (Wildman–Crippen LogP) is 3.03. The van der Waals surface area contributed by atoms with Gasteiger partial charge in [-0.05, 0) is 30.2 Å². The zero-order valence-corrected chi connectivity index (χ0v) is 14.1.